The Bertz CT molecular complexity index is 921. The molecule has 0 spiro atoms. The number of piperazine rings is 1. The third-order valence-corrected chi connectivity index (χ3v) is 5.55. The summed E-state index contributed by atoms with van der Waals surface area (Å²) >= 11 is 0. The van der Waals surface area contributed by atoms with Gasteiger partial charge in [0, 0.05) is 56.9 Å². The standard InChI is InChI=1S/C20H25N7/c1-25-8-10-26(11-9-25)18-5-4-16(13-22-18)17-14-24-20-19(21-6-7-27(17)20)23-12-15-2-3-15/h4-7,13-15H,2-3,8-12H2,1H3,(H,21,23). The Labute approximate surface area is 159 Å². The predicted molar refractivity (Wildman–Crippen MR) is 107 cm³/mol. The van der Waals surface area contributed by atoms with E-state index in [4.69, 9.17) is 4.98 Å². The molecule has 27 heavy (non-hydrogen) atoms. The number of imidazole rings is 1. The number of likely N-dealkylation sites (N-methyl/N-ethyl adjacent to an activating group) is 1. The molecule has 3 aromatic rings. The van der Waals surface area contributed by atoms with E-state index in [1.54, 1.807) is 0 Å². The van der Waals surface area contributed by atoms with Crippen molar-refractivity contribution in [3.05, 3.63) is 36.9 Å². The Kier molecular flexibility index (Phi) is 4.16. The van der Waals surface area contributed by atoms with Crippen LogP contribution in [-0.4, -0.2) is 64.0 Å². The minimum Gasteiger partial charge on any atom is -0.367 e. The molecule has 1 aliphatic carbocycles. The number of pyridine rings is 1. The Morgan fingerprint density at radius 3 is 2.63 bits per heavy atom. The fraction of sp³-hybridized carbons (Fsp3) is 0.450. The maximum atomic E-state index is 4.72. The average Bonchev–Trinajstić information content (AvgIpc) is 3.44. The molecular weight excluding hydrogens is 338 g/mol. The quantitative estimate of drug-likeness (QED) is 0.751. The molecular formula is C20H25N7. The zero-order chi connectivity index (χ0) is 18.2. The minimum atomic E-state index is 0.799. The average molecular weight is 363 g/mol. The highest BCUT2D eigenvalue weighted by molar-refractivity contribution is 5.70. The molecule has 3 aromatic heterocycles. The largest absolute Gasteiger partial charge is 0.367 e. The molecule has 1 saturated carbocycles. The zero-order valence-electron chi connectivity index (χ0n) is 15.7. The summed E-state index contributed by atoms with van der Waals surface area (Å²) in [6, 6.07) is 4.26. The summed E-state index contributed by atoms with van der Waals surface area (Å²) in [5.41, 5.74) is 2.98. The van der Waals surface area contributed by atoms with E-state index in [0.29, 0.717) is 0 Å². The summed E-state index contributed by atoms with van der Waals surface area (Å²) in [7, 11) is 2.17. The number of hydrogen-bond acceptors (Lipinski definition) is 6. The van der Waals surface area contributed by atoms with Gasteiger partial charge in [-0.2, -0.15) is 0 Å². The van der Waals surface area contributed by atoms with E-state index in [-0.39, 0.29) is 0 Å². The normalized spacial score (nSPS) is 18.2. The van der Waals surface area contributed by atoms with Gasteiger partial charge < -0.3 is 15.1 Å². The molecule has 2 aliphatic rings. The molecule has 0 aromatic carbocycles. The van der Waals surface area contributed by atoms with Crippen molar-refractivity contribution in [2.24, 2.45) is 5.92 Å². The molecule has 0 amide bonds. The SMILES string of the molecule is CN1CCN(c2ccc(-c3cnc4c(NCC5CC5)nccn34)cn2)CC1. The lowest BCUT2D eigenvalue weighted by Gasteiger charge is -2.33. The molecule has 1 saturated heterocycles. The summed E-state index contributed by atoms with van der Waals surface area (Å²) in [6.07, 6.45) is 10.3. The van der Waals surface area contributed by atoms with Crippen molar-refractivity contribution >= 4 is 17.3 Å². The van der Waals surface area contributed by atoms with Crippen LogP contribution in [0.2, 0.25) is 0 Å². The summed E-state index contributed by atoms with van der Waals surface area (Å²) in [5.74, 6) is 2.71. The van der Waals surface area contributed by atoms with Crippen molar-refractivity contribution < 1.29 is 0 Å². The van der Waals surface area contributed by atoms with Gasteiger partial charge in [0.1, 0.15) is 5.82 Å². The van der Waals surface area contributed by atoms with Crippen LogP contribution in [0, 0.1) is 5.92 Å². The number of rotatable bonds is 5. The number of hydrogen-bond donors (Lipinski definition) is 1. The zero-order valence-corrected chi connectivity index (χ0v) is 15.7. The first kappa shape index (κ1) is 16.5. The van der Waals surface area contributed by atoms with Crippen LogP contribution in [0.25, 0.3) is 16.9 Å². The van der Waals surface area contributed by atoms with Crippen LogP contribution >= 0.6 is 0 Å². The van der Waals surface area contributed by atoms with Crippen LogP contribution in [0.3, 0.4) is 0 Å². The van der Waals surface area contributed by atoms with Crippen molar-refractivity contribution in [3.63, 3.8) is 0 Å². The molecule has 0 unspecified atom stereocenters. The molecule has 140 valence electrons. The molecule has 0 atom stereocenters. The van der Waals surface area contributed by atoms with Crippen LogP contribution in [0.4, 0.5) is 11.6 Å². The van der Waals surface area contributed by atoms with Gasteiger partial charge >= 0.3 is 0 Å². The summed E-state index contributed by atoms with van der Waals surface area (Å²) < 4.78 is 2.09. The van der Waals surface area contributed by atoms with E-state index in [2.05, 4.69) is 48.7 Å². The summed E-state index contributed by atoms with van der Waals surface area (Å²) in [5, 5.41) is 3.45. The van der Waals surface area contributed by atoms with Crippen LogP contribution in [-0.2, 0) is 0 Å². The van der Waals surface area contributed by atoms with Crippen molar-refractivity contribution in [3.8, 4) is 11.3 Å². The van der Waals surface area contributed by atoms with Crippen molar-refractivity contribution in [2.75, 3.05) is 50.0 Å². The molecule has 5 rings (SSSR count). The Balaban J connectivity index is 1.39. The summed E-state index contributed by atoms with van der Waals surface area (Å²) in [4.78, 5) is 18.5. The predicted octanol–water partition coefficient (Wildman–Crippen LogP) is 2.37. The maximum absolute atomic E-state index is 4.72. The molecule has 4 heterocycles. The lowest BCUT2D eigenvalue weighted by molar-refractivity contribution is 0.312. The van der Waals surface area contributed by atoms with Gasteiger partial charge in [-0.1, -0.05) is 0 Å². The molecule has 0 radical (unpaired) electrons. The Morgan fingerprint density at radius 1 is 1.04 bits per heavy atom. The Morgan fingerprint density at radius 2 is 1.89 bits per heavy atom. The topological polar surface area (TPSA) is 61.6 Å². The Hall–Kier alpha value is -2.67. The van der Waals surface area contributed by atoms with Crippen LogP contribution < -0.4 is 10.2 Å². The van der Waals surface area contributed by atoms with E-state index in [0.717, 1.165) is 67.2 Å². The van der Waals surface area contributed by atoms with E-state index < -0.39 is 0 Å². The highest BCUT2D eigenvalue weighted by Gasteiger charge is 2.21. The monoisotopic (exact) mass is 363 g/mol. The van der Waals surface area contributed by atoms with Gasteiger partial charge in [-0.3, -0.25) is 4.40 Å². The van der Waals surface area contributed by atoms with Gasteiger partial charge in [0.25, 0.3) is 0 Å². The van der Waals surface area contributed by atoms with Gasteiger partial charge in [0.05, 0.1) is 11.9 Å². The third-order valence-electron chi connectivity index (χ3n) is 5.55. The van der Waals surface area contributed by atoms with Gasteiger partial charge in [0.15, 0.2) is 11.5 Å². The molecule has 2 fully saturated rings. The van der Waals surface area contributed by atoms with Gasteiger partial charge in [-0.25, -0.2) is 15.0 Å². The van der Waals surface area contributed by atoms with Crippen LogP contribution in [0.5, 0.6) is 0 Å². The van der Waals surface area contributed by atoms with E-state index in [1.807, 2.05) is 24.8 Å². The number of fused-ring (bicyclic) bond motifs is 1. The number of nitrogens with zero attached hydrogens (tertiary/aromatic N) is 6. The first-order valence-electron chi connectivity index (χ1n) is 9.74. The number of aromatic nitrogens is 4. The lowest BCUT2D eigenvalue weighted by atomic mass is 10.2. The second kappa shape index (κ2) is 6.81. The molecule has 1 aliphatic heterocycles. The van der Waals surface area contributed by atoms with Crippen molar-refractivity contribution in [1.29, 1.82) is 0 Å². The lowest BCUT2D eigenvalue weighted by Crippen LogP contribution is -2.44. The smallest absolute Gasteiger partial charge is 0.180 e. The molecule has 1 N–H and O–H groups in total. The fourth-order valence-electron chi connectivity index (χ4n) is 3.58. The first-order chi connectivity index (χ1) is 13.3. The maximum Gasteiger partial charge on any atom is 0.180 e. The number of anilines is 2. The molecule has 0 bridgehead atoms. The van der Waals surface area contributed by atoms with E-state index >= 15 is 0 Å². The second-order valence-electron chi connectivity index (χ2n) is 7.63. The van der Waals surface area contributed by atoms with Crippen LogP contribution in [0.1, 0.15) is 12.8 Å². The fourth-order valence-corrected chi connectivity index (χ4v) is 3.58. The first-order valence-corrected chi connectivity index (χ1v) is 9.74. The molecule has 7 nitrogen and oxygen atoms in total. The highest BCUT2D eigenvalue weighted by atomic mass is 15.3. The van der Waals surface area contributed by atoms with Gasteiger partial charge in [-0.15, -0.1) is 0 Å². The van der Waals surface area contributed by atoms with Crippen molar-refractivity contribution in [1.82, 2.24) is 24.3 Å². The third kappa shape index (κ3) is 3.35. The second-order valence-corrected chi connectivity index (χ2v) is 7.63. The highest BCUT2D eigenvalue weighted by Crippen LogP contribution is 2.30. The van der Waals surface area contributed by atoms with Crippen molar-refractivity contribution in [2.45, 2.75) is 12.8 Å². The number of nitrogens with one attached hydrogen (secondary N) is 1. The van der Waals surface area contributed by atoms with E-state index in [1.165, 1.54) is 12.8 Å². The van der Waals surface area contributed by atoms with Gasteiger partial charge in [-0.05, 0) is 37.9 Å². The van der Waals surface area contributed by atoms with E-state index in [9.17, 15) is 0 Å². The van der Waals surface area contributed by atoms with Crippen LogP contribution in [0.15, 0.2) is 36.9 Å². The molecule has 7 heteroatoms. The van der Waals surface area contributed by atoms with Gasteiger partial charge in [0.2, 0.25) is 0 Å². The summed E-state index contributed by atoms with van der Waals surface area (Å²) in [6.45, 7) is 5.21. The minimum absolute atomic E-state index is 0.799.